The number of hydrogen-bond donors (Lipinski definition) is 4. The van der Waals surface area contributed by atoms with Gasteiger partial charge in [0.25, 0.3) is 0 Å². The number of aliphatic hydroxyl groups is 2. The highest BCUT2D eigenvalue weighted by Gasteiger charge is 2.41. The lowest BCUT2D eigenvalue weighted by molar-refractivity contribution is -0.143. The van der Waals surface area contributed by atoms with Crippen LogP contribution in [0.25, 0.3) is 0 Å². The van der Waals surface area contributed by atoms with Gasteiger partial charge in [-0.2, -0.15) is 0 Å². The third-order valence-corrected chi connectivity index (χ3v) is 7.44. The SMILES string of the molecule is CCOC(=O)CCCCCC[C@H]1[C@@H](O)CC(NO)[C@@H]1CC[C@@H](O)CSc1ccc(F)cc1. The first-order chi connectivity index (χ1) is 15.4. The first-order valence-electron chi connectivity index (χ1n) is 11.7. The van der Waals surface area contributed by atoms with Crippen molar-refractivity contribution in [2.24, 2.45) is 11.8 Å². The third-order valence-electron chi connectivity index (χ3n) is 6.29. The molecule has 0 amide bonds. The molecular weight excluding hydrogens is 433 g/mol. The van der Waals surface area contributed by atoms with Gasteiger partial charge in [-0.15, -0.1) is 11.8 Å². The summed E-state index contributed by atoms with van der Waals surface area (Å²) in [7, 11) is 0. The number of esters is 1. The highest BCUT2D eigenvalue weighted by molar-refractivity contribution is 7.99. The van der Waals surface area contributed by atoms with E-state index >= 15 is 0 Å². The van der Waals surface area contributed by atoms with E-state index in [-0.39, 0.29) is 29.7 Å². The van der Waals surface area contributed by atoms with Crippen molar-refractivity contribution >= 4 is 17.7 Å². The summed E-state index contributed by atoms with van der Waals surface area (Å²) in [6.07, 6.45) is 5.87. The molecule has 1 aliphatic carbocycles. The topological polar surface area (TPSA) is 99.0 Å². The first kappa shape index (κ1) is 27.1. The molecule has 1 aliphatic rings. The van der Waals surface area contributed by atoms with E-state index in [1.807, 2.05) is 0 Å². The number of unbranched alkanes of at least 4 members (excludes halogenated alkanes) is 3. The molecule has 1 saturated carbocycles. The summed E-state index contributed by atoms with van der Waals surface area (Å²) in [6.45, 7) is 2.22. The smallest absolute Gasteiger partial charge is 0.305 e. The lowest BCUT2D eigenvalue weighted by atomic mass is 9.84. The summed E-state index contributed by atoms with van der Waals surface area (Å²) in [5.41, 5.74) is 2.36. The van der Waals surface area contributed by atoms with Crippen LogP contribution in [0, 0.1) is 17.7 Å². The van der Waals surface area contributed by atoms with Crippen LogP contribution in [-0.4, -0.2) is 52.0 Å². The summed E-state index contributed by atoms with van der Waals surface area (Å²) in [5.74, 6) is 0.277. The first-order valence-corrected chi connectivity index (χ1v) is 12.7. The summed E-state index contributed by atoms with van der Waals surface area (Å²) in [6, 6.07) is 6.06. The van der Waals surface area contributed by atoms with Crippen molar-refractivity contribution in [3.63, 3.8) is 0 Å². The number of halogens is 1. The number of ether oxygens (including phenoxy) is 1. The number of carbonyl (C=O) groups is 1. The lowest BCUT2D eigenvalue weighted by Gasteiger charge is -2.26. The van der Waals surface area contributed by atoms with Crippen molar-refractivity contribution in [3.05, 3.63) is 30.1 Å². The van der Waals surface area contributed by atoms with Crippen LogP contribution in [0.4, 0.5) is 4.39 Å². The van der Waals surface area contributed by atoms with E-state index in [0.717, 1.165) is 37.0 Å². The van der Waals surface area contributed by atoms with Gasteiger partial charge in [-0.25, -0.2) is 9.87 Å². The Morgan fingerprint density at radius 2 is 1.91 bits per heavy atom. The molecule has 6 nitrogen and oxygen atoms in total. The van der Waals surface area contributed by atoms with Crippen LogP contribution >= 0.6 is 11.8 Å². The van der Waals surface area contributed by atoms with Crippen molar-refractivity contribution in [2.45, 2.75) is 87.9 Å². The molecule has 2 rings (SSSR count). The molecule has 0 aromatic heterocycles. The number of aliphatic hydroxyl groups excluding tert-OH is 2. The zero-order valence-corrected chi connectivity index (χ0v) is 19.7. The van der Waals surface area contributed by atoms with Gasteiger partial charge in [0.15, 0.2) is 0 Å². The zero-order chi connectivity index (χ0) is 23.3. The monoisotopic (exact) mass is 471 g/mol. The maximum Gasteiger partial charge on any atom is 0.305 e. The average molecular weight is 472 g/mol. The molecule has 1 fully saturated rings. The second kappa shape index (κ2) is 14.9. The number of benzene rings is 1. The van der Waals surface area contributed by atoms with Gasteiger partial charge in [0, 0.05) is 23.1 Å². The Morgan fingerprint density at radius 1 is 1.19 bits per heavy atom. The van der Waals surface area contributed by atoms with E-state index in [4.69, 9.17) is 4.74 Å². The zero-order valence-electron chi connectivity index (χ0n) is 18.9. The van der Waals surface area contributed by atoms with E-state index in [2.05, 4.69) is 5.48 Å². The van der Waals surface area contributed by atoms with Crippen LogP contribution in [-0.2, 0) is 9.53 Å². The quantitative estimate of drug-likeness (QED) is 0.131. The van der Waals surface area contributed by atoms with E-state index in [0.29, 0.717) is 38.0 Å². The van der Waals surface area contributed by atoms with Gasteiger partial charge in [-0.1, -0.05) is 19.3 Å². The molecule has 8 heteroatoms. The van der Waals surface area contributed by atoms with Gasteiger partial charge in [-0.05, 0) is 75.1 Å². The minimum atomic E-state index is -0.509. The van der Waals surface area contributed by atoms with Crippen molar-refractivity contribution in [1.82, 2.24) is 5.48 Å². The fourth-order valence-corrected chi connectivity index (χ4v) is 5.47. The number of nitrogens with one attached hydrogen (secondary N) is 1. The molecule has 0 saturated heterocycles. The van der Waals surface area contributed by atoms with Gasteiger partial charge in [0.05, 0.1) is 18.8 Å². The molecule has 182 valence electrons. The van der Waals surface area contributed by atoms with Gasteiger partial charge in [-0.3, -0.25) is 4.79 Å². The number of hydroxylamine groups is 1. The number of hydrogen-bond acceptors (Lipinski definition) is 7. The summed E-state index contributed by atoms with van der Waals surface area (Å²) >= 11 is 1.49. The van der Waals surface area contributed by atoms with Gasteiger partial charge >= 0.3 is 5.97 Å². The maximum absolute atomic E-state index is 13.0. The fourth-order valence-electron chi connectivity index (χ4n) is 4.59. The molecule has 1 aromatic carbocycles. The molecule has 0 aliphatic heterocycles. The molecule has 1 unspecified atom stereocenters. The predicted molar refractivity (Wildman–Crippen MR) is 123 cm³/mol. The van der Waals surface area contributed by atoms with Crippen molar-refractivity contribution in [1.29, 1.82) is 0 Å². The number of thioether (sulfide) groups is 1. The molecule has 0 heterocycles. The molecule has 0 spiro atoms. The van der Waals surface area contributed by atoms with Gasteiger partial charge in [0.2, 0.25) is 0 Å². The predicted octanol–water partition coefficient (Wildman–Crippen LogP) is 4.31. The van der Waals surface area contributed by atoms with E-state index in [1.54, 1.807) is 19.1 Å². The standard InChI is InChI=1S/C24H38FNO5S/c1-2-31-24(29)8-6-4-3-5-7-21-20(22(26-30)15-23(21)28)14-11-18(27)16-32-19-12-9-17(25)10-13-19/h9-10,12-13,18,20-23,26-28,30H,2-8,11,14-16H2,1H3/t18-,20-,21-,22?,23+/m1/s1. The molecule has 1 aromatic rings. The van der Waals surface area contributed by atoms with Gasteiger partial charge in [0.1, 0.15) is 5.82 Å². The molecule has 5 atom stereocenters. The summed E-state index contributed by atoms with van der Waals surface area (Å²) in [5, 5.41) is 30.5. The minimum Gasteiger partial charge on any atom is -0.466 e. The van der Waals surface area contributed by atoms with Crippen LogP contribution in [0.3, 0.4) is 0 Å². The minimum absolute atomic E-state index is 0.0849. The number of rotatable bonds is 15. The Labute approximate surface area is 194 Å². The van der Waals surface area contributed by atoms with E-state index in [1.165, 1.54) is 23.9 Å². The molecule has 4 N–H and O–H groups in total. The lowest BCUT2D eigenvalue weighted by Crippen LogP contribution is -2.32. The fraction of sp³-hybridized carbons (Fsp3) is 0.708. The Morgan fingerprint density at radius 3 is 2.59 bits per heavy atom. The maximum atomic E-state index is 13.0. The highest BCUT2D eigenvalue weighted by Crippen LogP contribution is 2.39. The van der Waals surface area contributed by atoms with Crippen LogP contribution in [0.2, 0.25) is 0 Å². The van der Waals surface area contributed by atoms with Crippen LogP contribution < -0.4 is 5.48 Å². The van der Waals surface area contributed by atoms with Crippen LogP contribution in [0.5, 0.6) is 0 Å². The summed E-state index contributed by atoms with van der Waals surface area (Å²) in [4.78, 5) is 12.3. The second-order valence-corrected chi connectivity index (χ2v) is 9.71. The molecular formula is C24H38FNO5S. The highest BCUT2D eigenvalue weighted by atomic mass is 32.2. The van der Waals surface area contributed by atoms with Crippen molar-refractivity contribution in [3.8, 4) is 0 Å². The normalized spacial score (nSPS) is 23.9. The Balaban J connectivity index is 1.72. The Kier molecular flexibility index (Phi) is 12.6. The van der Waals surface area contributed by atoms with Crippen molar-refractivity contribution in [2.75, 3.05) is 12.4 Å². The molecule has 0 bridgehead atoms. The van der Waals surface area contributed by atoms with Crippen LogP contribution in [0.1, 0.15) is 64.7 Å². The van der Waals surface area contributed by atoms with Crippen molar-refractivity contribution < 1.29 is 29.3 Å². The third kappa shape index (κ3) is 9.35. The molecule has 32 heavy (non-hydrogen) atoms. The molecule has 0 radical (unpaired) electrons. The van der Waals surface area contributed by atoms with Gasteiger partial charge < -0.3 is 20.2 Å². The van der Waals surface area contributed by atoms with Crippen LogP contribution in [0.15, 0.2) is 29.2 Å². The van der Waals surface area contributed by atoms with E-state index < -0.39 is 12.2 Å². The second-order valence-electron chi connectivity index (χ2n) is 8.62. The largest absolute Gasteiger partial charge is 0.466 e. The Bertz CT molecular complexity index is 662. The number of carbonyl (C=O) groups excluding carboxylic acids is 1. The van der Waals surface area contributed by atoms with E-state index in [9.17, 15) is 24.6 Å². The summed E-state index contributed by atoms with van der Waals surface area (Å²) < 4.78 is 17.9. The average Bonchev–Trinajstić information content (AvgIpc) is 3.08. The Hall–Kier alpha value is -1.19.